The number of anilines is 1. The highest BCUT2D eigenvalue weighted by atomic mass is 35.5. The van der Waals surface area contributed by atoms with E-state index in [2.05, 4.69) is 22.1 Å². The second kappa shape index (κ2) is 11.4. The van der Waals surface area contributed by atoms with Crippen LogP contribution in [-0.2, 0) is 24.1 Å². The predicted molar refractivity (Wildman–Crippen MR) is 131 cm³/mol. The van der Waals surface area contributed by atoms with E-state index in [0.717, 1.165) is 41.1 Å². The molecular formula is C23H21Cl2F3N4O2S. The summed E-state index contributed by atoms with van der Waals surface area (Å²) in [5, 5.41) is 11.8. The van der Waals surface area contributed by atoms with Gasteiger partial charge in [-0.1, -0.05) is 41.0 Å². The van der Waals surface area contributed by atoms with Crippen LogP contribution in [0.2, 0.25) is 10.0 Å². The molecule has 0 saturated heterocycles. The molecule has 0 fully saturated rings. The van der Waals surface area contributed by atoms with Crippen LogP contribution in [0.3, 0.4) is 0 Å². The SMILES string of the molecule is C=CCn1c(COc2cc(C)c(Cl)c(C)c2)nnc1SCC(=O)Nc1cc(C(F)(F)F)ccc1Cl. The molecule has 0 spiro atoms. The van der Waals surface area contributed by atoms with Gasteiger partial charge in [0, 0.05) is 11.6 Å². The summed E-state index contributed by atoms with van der Waals surface area (Å²) in [6, 6.07) is 6.37. The first-order valence-corrected chi connectivity index (χ1v) is 12.0. The maximum Gasteiger partial charge on any atom is 0.416 e. The number of benzene rings is 2. The number of aromatic nitrogens is 3. The van der Waals surface area contributed by atoms with Crippen LogP contribution in [0.5, 0.6) is 5.75 Å². The summed E-state index contributed by atoms with van der Waals surface area (Å²) in [6.07, 6.45) is -2.90. The first-order valence-electron chi connectivity index (χ1n) is 10.2. The van der Waals surface area contributed by atoms with E-state index in [1.807, 2.05) is 26.0 Å². The third-order valence-corrected chi connectivity index (χ3v) is 6.68. The van der Waals surface area contributed by atoms with Gasteiger partial charge >= 0.3 is 6.18 Å². The van der Waals surface area contributed by atoms with Crippen molar-refractivity contribution in [3.8, 4) is 5.75 Å². The van der Waals surface area contributed by atoms with E-state index in [-0.39, 0.29) is 23.1 Å². The number of carbonyl (C=O) groups is 1. The van der Waals surface area contributed by atoms with Crippen molar-refractivity contribution >= 4 is 46.6 Å². The lowest BCUT2D eigenvalue weighted by Gasteiger charge is -2.12. The zero-order valence-corrected chi connectivity index (χ0v) is 21.1. The number of aryl methyl sites for hydroxylation is 2. The Labute approximate surface area is 214 Å². The maximum absolute atomic E-state index is 13.0. The van der Waals surface area contributed by atoms with E-state index in [1.165, 1.54) is 0 Å². The zero-order valence-electron chi connectivity index (χ0n) is 18.7. The molecule has 1 aromatic heterocycles. The number of amides is 1. The first kappa shape index (κ1) is 26.9. The Morgan fingerprint density at radius 1 is 1.20 bits per heavy atom. The van der Waals surface area contributed by atoms with Crippen molar-refractivity contribution in [2.75, 3.05) is 11.1 Å². The number of allylic oxidation sites excluding steroid dienone is 1. The van der Waals surface area contributed by atoms with Crippen molar-refractivity contribution in [3.05, 3.63) is 75.5 Å². The highest BCUT2D eigenvalue weighted by Gasteiger charge is 2.31. The molecule has 186 valence electrons. The summed E-state index contributed by atoms with van der Waals surface area (Å²) in [5.41, 5.74) is 0.739. The molecule has 1 N–H and O–H groups in total. The normalized spacial score (nSPS) is 11.4. The molecule has 0 atom stereocenters. The van der Waals surface area contributed by atoms with Gasteiger partial charge in [-0.15, -0.1) is 16.8 Å². The predicted octanol–water partition coefficient (Wildman–Crippen LogP) is 6.72. The van der Waals surface area contributed by atoms with Crippen molar-refractivity contribution < 1.29 is 22.7 Å². The monoisotopic (exact) mass is 544 g/mol. The fraction of sp³-hybridized carbons (Fsp3) is 0.261. The smallest absolute Gasteiger partial charge is 0.416 e. The Bertz CT molecular complexity index is 1220. The Morgan fingerprint density at radius 3 is 2.51 bits per heavy atom. The lowest BCUT2D eigenvalue weighted by Crippen LogP contribution is -2.16. The van der Waals surface area contributed by atoms with Gasteiger partial charge in [0.1, 0.15) is 12.4 Å². The van der Waals surface area contributed by atoms with Crippen molar-refractivity contribution in [2.45, 2.75) is 38.3 Å². The summed E-state index contributed by atoms with van der Waals surface area (Å²) < 4.78 is 46.4. The minimum atomic E-state index is -4.55. The van der Waals surface area contributed by atoms with E-state index < -0.39 is 17.6 Å². The minimum absolute atomic E-state index is 0.00159. The molecule has 0 aliphatic rings. The highest BCUT2D eigenvalue weighted by Crippen LogP contribution is 2.34. The summed E-state index contributed by atoms with van der Waals surface area (Å²) >= 11 is 13.2. The average Bonchev–Trinajstić information content (AvgIpc) is 3.17. The fourth-order valence-electron chi connectivity index (χ4n) is 3.10. The second-order valence-corrected chi connectivity index (χ2v) is 9.21. The highest BCUT2D eigenvalue weighted by molar-refractivity contribution is 7.99. The molecule has 2 aromatic carbocycles. The Hall–Kier alpha value is -2.69. The molecule has 0 bridgehead atoms. The number of ether oxygens (including phenoxy) is 1. The molecule has 35 heavy (non-hydrogen) atoms. The quantitative estimate of drug-likeness (QED) is 0.239. The third-order valence-electron chi connectivity index (χ3n) is 4.78. The van der Waals surface area contributed by atoms with Crippen LogP contribution in [0.1, 0.15) is 22.5 Å². The molecular weight excluding hydrogens is 524 g/mol. The summed E-state index contributed by atoms with van der Waals surface area (Å²) in [5.74, 6) is 0.468. The molecule has 0 unspecified atom stereocenters. The van der Waals surface area contributed by atoms with E-state index in [9.17, 15) is 18.0 Å². The Kier molecular flexibility index (Phi) is 8.74. The van der Waals surface area contributed by atoms with E-state index in [0.29, 0.717) is 28.3 Å². The van der Waals surface area contributed by atoms with Gasteiger partial charge in [-0.2, -0.15) is 13.2 Å². The topological polar surface area (TPSA) is 69.0 Å². The third kappa shape index (κ3) is 6.93. The van der Waals surface area contributed by atoms with E-state index >= 15 is 0 Å². The van der Waals surface area contributed by atoms with Gasteiger partial charge in [0.15, 0.2) is 11.0 Å². The van der Waals surface area contributed by atoms with E-state index in [1.54, 1.807) is 10.6 Å². The standard InChI is InChI=1S/C23H21Cl2F3N4O2S/c1-4-7-32-19(11-34-16-8-13(2)21(25)14(3)9-16)30-31-22(32)35-12-20(33)29-18-10-15(23(26,27)28)5-6-17(18)24/h4-6,8-10H,1,7,11-12H2,2-3H3,(H,29,33). The second-order valence-electron chi connectivity index (χ2n) is 7.49. The number of rotatable bonds is 9. The molecule has 0 aliphatic heterocycles. The largest absolute Gasteiger partial charge is 0.486 e. The van der Waals surface area contributed by atoms with Gasteiger partial charge in [-0.05, 0) is 55.3 Å². The van der Waals surface area contributed by atoms with Gasteiger partial charge < -0.3 is 10.1 Å². The lowest BCUT2D eigenvalue weighted by molar-refractivity contribution is -0.137. The minimum Gasteiger partial charge on any atom is -0.486 e. The summed E-state index contributed by atoms with van der Waals surface area (Å²) in [6.45, 7) is 7.99. The molecule has 3 rings (SSSR count). The van der Waals surface area contributed by atoms with Crippen LogP contribution in [0.4, 0.5) is 18.9 Å². The lowest BCUT2D eigenvalue weighted by atomic mass is 10.1. The number of nitrogens with one attached hydrogen (secondary N) is 1. The van der Waals surface area contributed by atoms with Gasteiger partial charge in [-0.25, -0.2) is 0 Å². The number of halogens is 5. The van der Waals surface area contributed by atoms with Gasteiger partial charge in [0.05, 0.1) is 22.0 Å². The summed E-state index contributed by atoms with van der Waals surface area (Å²) in [4.78, 5) is 12.4. The van der Waals surface area contributed by atoms with Gasteiger partial charge in [0.25, 0.3) is 0 Å². The molecule has 6 nitrogen and oxygen atoms in total. The number of hydrogen-bond acceptors (Lipinski definition) is 5. The Balaban J connectivity index is 1.67. The maximum atomic E-state index is 13.0. The zero-order chi connectivity index (χ0) is 25.8. The fourth-order valence-corrected chi connectivity index (χ4v) is 4.14. The van der Waals surface area contributed by atoms with Crippen molar-refractivity contribution in [2.24, 2.45) is 0 Å². The van der Waals surface area contributed by atoms with Crippen LogP contribution in [0.15, 0.2) is 48.1 Å². The Morgan fingerprint density at radius 2 is 1.89 bits per heavy atom. The van der Waals surface area contributed by atoms with Crippen LogP contribution in [0, 0.1) is 13.8 Å². The number of thioether (sulfide) groups is 1. The molecule has 1 heterocycles. The van der Waals surface area contributed by atoms with Gasteiger partial charge in [-0.3, -0.25) is 9.36 Å². The summed E-state index contributed by atoms with van der Waals surface area (Å²) in [7, 11) is 0. The molecule has 0 saturated carbocycles. The van der Waals surface area contributed by atoms with Crippen LogP contribution in [-0.4, -0.2) is 26.4 Å². The van der Waals surface area contributed by atoms with Crippen molar-refractivity contribution in [1.29, 1.82) is 0 Å². The number of alkyl halides is 3. The van der Waals surface area contributed by atoms with Crippen LogP contribution >= 0.6 is 35.0 Å². The number of carbonyl (C=O) groups excluding carboxylic acids is 1. The first-order chi connectivity index (χ1) is 16.5. The molecule has 0 aliphatic carbocycles. The molecule has 1 amide bonds. The van der Waals surface area contributed by atoms with Crippen molar-refractivity contribution in [3.63, 3.8) is 0 Å². The molecule has 12 heteroatoms. The number of hydrogen-bond donors (Lipinski definition) is 1. The average molecular weight is 545 g/mol. The number of nitrogens with zero attached hydrogens (tertiary/aromatic N) is 3. The molecule has 3 aromatic rings. The molecule has 0 radical (unpaired) electrons. The van der Waals surface area contributed by atoms with Crippen LogP contribution in [0.25, 0.3) is 0 Å². The van der Waals surface area contributed by atoms with Crippen molar-refractivity contribution in [1.82, 2.24) is 14.8 Å². The van der Waals surface area contributed by atoms with E-state index in [4.69, 9.17) is 27.9 Å². The van der Waals surface area contributed by atoms with Crippen LogP contribution < -0.4 is 10.1 Å². The van der Waals surface area contributed by atoms with Gasteiger partial charge in [0.2, 0.25) is 5.91 Å².